The van der Waals surface area contributed by atoms with E-state index in [2.05, 4.69) is 21.7 Å². The van der Waals surface area contributed by atoms with E-state index >= 15 is 0 Å². The zero-order chi connectivity index (χ0) is 14.3. The molecule has 1 aliphatic heterocycles. The lowest BCUT2D eigenvalue weighted by Gasteiger charge is -2.26. The zero-order valence-corrected chi connectivity index (χ0v) is 12.7. The maximum absolute atomic E-state index is 5.36. The third kappa shape index (κ3) is 4.40. The summed E-state index contributed by atoms with van der Waals surface area (Å²) in [6, 6.07) is 10.0. The monoisotopic (exact) mass is 298 g/mol. The van der Waals surface area contributed by atoms with Crippen LogP contribution in [0.4, 0.5) is 0 Å². The third-order valence-electron chi connectivity index (χ3n) is 3.42. The predicted molar refractivity (Wildman–Crippen MR) is 85.5 cm³/mol. The van der Waals surface area contributed by atoms with Gasteiger partial charge in [-0.2, -0.15) is 0 Å². The fraction of sp³-hybridized carbons (Fsp3) is 0.353. The van der Waals surface area contributed by atoms with Crippen LogP contribution in [0.1, 0.15) is 15.4 Å². The van der Waals surface area contributed by atoms with E-state index in [0.717, 1.165) is 49.8 Å². The molecule has 1 aromatic carbocycles. The standard InChI is InChI=1S/C17H18N2OS/c1-2-4-15(5-3-1)6-7-17-18-14-16(21-17)8-9-19-10-12-20-13-11-19/h1-5,14H,8-13H2. The molecule has 4 heteroatoms. The Bertz CT molecular complexity index is 621. The largest absolute Gasteiger partial charge is 0.379 e. The van der Waals surface area contributed by atoms with E-state index in [4.69, 9.17) is 4.74 Å². The summed E-state index contributed by atoms with van der Waals surface area (Å²) in [6.45, 7) is 4.88. The first-order valence-electron chi connectivity index (χ1n) is 7.22. The molecule has 0 bridgehead atoms. The second-order valence-electron chi connectivity index (χ2n) is 4.95. The van der Waals surface area contributed by atoms with Crippen molar-refractivity contribution in [3.63, 3.8) is 0 Å². The first kappa shape index (κ1) is 14.3. The number of aromatic nitrogens is 1. The predicted octanol–water partition coefficient (Wildman–Crippen LogP) is 2.42. The second-order valence-corrected chi connectivity index (χ2v) is 6.07. The molecule has 0 unspecified atom stereocenters. The van der Waals surface area contributed by atoms with Gasteiger partial charge < -0.3 is 4.74 Å². The van der Waals surface area contributed by atoms with Crippen LogP contribution in [0.2, 0.25) is 0 Å². The lowest BCUT2D eigenvalue weighted by molar-refractivity contribution is 0.0385. The van der Waals surface area contributed by atoms with Crippen molar-refractivity contribution in [2.45, 2.75) is 6.42 Å². The lowest BCUT2D eigenvalue weighted by atomic mass is 10.2. The number of benzene rings is 1. The summed E-state index contributed by atoms with van der Waals surface area (Å²) < 4.78 is 5.36. The Labute approximate surface area is 129 Å². The average molecular weight is 298 g/mol. The third-order valence-corrected chi connectivity index (χ3v) is 4.39. The lowest BCUT2D eigenvalue weighted by Crippen LogP contribution is -2.37. The molecule has 0 atom stereocenters. The van der Waals surface area contributed by atoms with Gasteiger partial charge in [-0.05, 0) is 24.5 Å². The van der Waals surface area contributed by atoms with E-state index < -0.39 is 0 Å². The highest BCUT2D eigenvalue weighted by molar-refractivity contribution is 7.12. The molecule has 0 amide bonds. The summed E-state index contributed by atoms with van der Waals surface area (Å²) in [6.07, 6.45) is 3.00. The molecule has 0 radical (unpaired) electrons. The molecule has 3 nitrogen and oxygen atoms in total. The number of hydrogen-bond donors (Lipinski definition) is 0. The van der Waals surface area contributed by atoms with Crippen molar-refractivity contribution in [1.82, 2.24) is 9.88 Å². The van der Waals surface area contributed by atoms with Crippen LogP contribution in [-0.2, 0) is 11.2 Å². The molecule has 0 N–H and O–H groups in total. The van der Waals surface area contributed by atoms with Gasteiger partial charge in [0.1, 0.15) is 0 Å². The maximum Gasteiger partial charge on any atom is 0.167 e. The van der Waals surface area contributed by atoms with Crippen LogP contribution in [0.15, 0.2) is 36.5 Å². The summed E-state index contributed by atoms with van der Waals surface area (Å²) in [5.74, 6) is 6.29. The molecular weight excluding hydrogens is 280 g/mol. The molecule has 0 spiro atoms. The van der Waals surface area contributed by atoms with Gasteiger partial charge >= 0.3 is 0 Å². The summed E-state index contributed by atoms with van der Waals surface area (Å²) in [5, 5.41) is 0.899. The number of nitrogens with zero attached hydrogens (tertiary/aromatic N) is 2. The van der Waals surface area contributed by atoms with E-state index in [-0.39, 0.29) is 0 Å². The Kier molecular flexibility index (Phi) is 5.01. The van der Waals surface area contributed by atoms with Crippen molar-refractivity contribution in [2.75, 3.05) is 32.8 Å². The molecule has 2 heterocycles. The van der Waals surface area contributed by atoms with Crippen LogP contribution in [0.3, 0.4) is 0 Å². The van der Waals surface area contributed by atoms with Crippen LogP contribution in [0.25, 0.3) is 0 Å². The molecule has 1 aromatic heterocycles. The van der Waals surface area contributed by atoms with Crippen molar-refractivity contribution >= 4 is 11.3 Å². The van der Waals surface area contributed by atoms with E-state index in [0.29, 0.717) is 0 Å². The van der Waals surface area contributed by atoms with Crippen molar-refractivity contribution < 1.29 is 4.74 Å². The highest BCUT2D eigenvalue weighted by Crippen LogP contribution is 2.13. The zero-order valence-electron chi connectivity index (χ0n) is 11.9. The van der Waals surface area contributed by atoms with Gasteiger partial charge in [0.05, 0.1) is 13.2 Å². The van der Waals surface area contributed by atoms with Crippen molar-refractivity contribution in [3.05, 3.63) is 52.0 Å². The average Bonchev–Trinajstić information content (AvgIpc) is 3.01. The van der Waals surface area contributed by atoms with E-state index in [1.165, 1.54) is 4.88 Å². The fourth-order valence-corrected chi connectivity index (χ4v) is 2.98. The minimum atomic E-state index is 0.858. The van der Waals surface area contributed by atoms with Crippen molar-refractivity contribution in [1.29, 1.82) is 0 Å². The Morgan fingerprint density at radius 2 is 1.95 bits per heavy atom. The van der Waals surface area contributed by atoms with Crippen molar-refractivity contribution in [2.24, 2.45) is 0 Å². The highest BCUT2D eigenvalue weighted by Gasteiger charge is 2.10. The van der Waals surface area contributed by atoms with Crippen LogP contribution in [0, 0.1) is 11.8 Å². The molecule has 0 aliphatic carbocycles. The van der Waals surface area contributed by atoms with Gasteiger partial charge in [-0.3, -0.25) is 4.90 Å². The molecule has 1 aliphatic rings. The minimum Gasteiger partial charge on any atom is -0.379 e. The van der Waals surface area contributed by atoms with Crippen LogP contribution >= 0.6 is 11.3 Å². The van der Waals surface area contributed by atoms with Gasteiger partial charge in [0.15, 0.2) is 5.01 Å². The van der Waals surface area contributed by atoms with Gasteiger partial charge in [-0.15, -0.1) is 11.3 Å². The molecule has 108 valence electrons. The molecule has 1 fully saturated rings. The Balaban J connectivity index is 1.55. The Morgan fingerprint density at radius 1 is 1.14 bits per heavy atom. The number of morpholine rings is 1. The molecular formula is C17H18N2OS. The first-order valence-corrected chi connectivity index (χ1v) is 8.04. The SMILES string of the molecule is C(#Cc1ncc(CCN2CCOCC2)s1)c1ccccc1. The second kappa shape index (κ2) is 7.37. The maximum atomic E-state index is 5.36. The molecule has 2 aromatic rings. The van der Waals surface area contributed by atoms with E-state index in [1.807, 2.05) is 36.5 Å². The number of ether oxygens (including phenoxy) is 1. The van der Waals surface area contributed by atoms with E-state index in [9.17, 15) is 0 Å². The number of hydrogen-bond acceptors (Lipinski definition) is 4. The smallest absolute Gasteiger partial charge is 0.167 e. The summed E-state index contributed by atoms with van der Waals surface area (Å²) in [4.78, 5) is 8.14. The summed E-state index contributed by atoms with van der Waals surface area (Å²) >= 11 is 1.70. The van der Waals surface area contributed by atoms with Crippen molar-refractivity contribution in [3.8, 4) is 11.8 Å². The number of rotatable bonds is 3. The van der Waals surface area contributed by atoms with Gasteiger partial charge in [0.2, 0.25) is 0 Å². The quantitative estimate of drug-likeness (QED) is 0.814. The van der Waals surface area contributed by atoms with Gasteiger partial charge in [-0.1, -0.05) is 24.1 Å². The molecule has 0 saturated carbocycles. The number of thiazole rings is 1. The first-order chi connectivity index (χ1) is 10.4. The van der Waals surface area contributed by atoms with Crippen LogP contribution in [0.5, 0.6) is 0 Å². The van der Waals surface area contributed by atoms with Gasteiger partial charge in [0.25, 0.3) is 0 Å². The fourth-order valence-electron chi connectivity index (χ4n) is 2.22. The summed E-state index contributed by atoms with van der Waals surface area (Å²) in [7, 11) is 0. The van der Waals surface area contributed by atoms with Crippen LogP contribution < -0.4 is 0 Å². The Hall–Kier alpha value is -1.67. The topological polar surface area (TPSA) is 25.4 Å². The Morgan fingerprint density at radius 3 is 2.76 bits per heavy atom. The summed E-state index contributed by atoms with van der Waals surface area (Å²) in [5.41, 5.74) is 1.03. The molecule has 21 heavy (non-hydrogen) atoms. The van der Waals surface area contributed by atoms with Gasteiger partial charge in [0, 0.05) is 36.3 Å². The normalized spacial score (nSPS) is 15.4. The molecule has 3 rings (SSSR count). The van der Waals surface area contributed by atoms with Gasteiger partial charge in [-0.25, -0.2) is 4.98 Å². The van der Waals surface area contributed by atoms with Crippen LogP contribution in [-0.4, -0.2) is 42.7 Å². The molecule has 1 saturated heterocycles. The van der Waals surface area contributed by atoms with E-state index in [1.54, 1.807) is 11.3 Å². The minimum absolute atomic E-state index is 0.858. The highest BCUT2D eigenvalue weighted by atomic mass is 32.1.